The Hall–Kier alpha value is -3.35. The fourth-order valence-corrected chi connectivity index (χ4v) is 2.92. The van der Waals surface area contributed by atoms with Crippen molar-refractivity contribution in [1.82, 2.24) is 14.3 Å². The fourth-order valence-electron chi connectivity index (χ4n) is 2.92. The predicted octanol–water partition coefficient (Wildman–Crippen LogP) is 3.01. The van der Waals surface area contributed by atoms with Gasteiger partial charge in [0.25, 0.3) is 5.91 Å². The van der Waals surface area contributed by atoms with Crippen molar-refractivity contribution in [3.8, 4) is 5.75 Å². The summed E-state index contributed by atoms with van der Waals surface area (Å²) in [5, 5.41) is 9.05. The summed E-state index contributed by atoms with van der Waals surface area (Å²) in [5.74, 6) is -1.43. The normalized spacial score (nSPS) is 12.0. The molecule has 7 heteroatoms. The van der Waals surface area contributed by atoms with Crippen molar-refractivity contribution in [1.29, 1.82) is 0 Å². The summed E-state index contributed by atoms with van der Waals surface area (Å²) in [6, 6.07) is 10.9. The number of carbonyl (C=O) groups excluding carboxylic acids is 1. The number of fused-ring (bicyclic) bond motifs is 1. The molecule has 0 spiro atoms. The van der Waals surface area contributed by atoms with Gasteiger partial charge in [-0.3, -0.25) is 9.59 Å². The van der Waals surface area contributed by atoms with Crippen molar-refractivity contribution in [2.45, 2.75) is 20.5 Å². The number of aliphatic carboxylic acids is 1. The van der Waals surface area contributed by atoms with E-state index < -0.39 is 11.9 Å². The molecule has 0 saturated carbocycles. The molecule has 0 bridgehead atoms. The van der Waals surface area contributed by atoms with Crippen LogP contribution in [0.2, 0.25) is 0 Å². The Morgan fingerprint density at radius 2 is 1.96 bits per heavy atom. The standard InChI is InChI=1S/C21H23N3O4/c1-14-8-9-19-22-16(12-24(19)10-14)13-28-18-7-5-4-6-17(18)20(25)23(3)11-15(2)21(26)27/h4-10,12,15H,11,13H2,1-3H3,(H,26,27). The highest BCUT2D eigenvalue weighted by atomic mass is 16.5. The molecule has 0 fully saturated rings. The summed E-state index contributed by atoms with van der Waals surface area (Å²) >= 11 is 0. The zero-order valence-corrected chi connectivity index (χ0v) is 16.1. The van der Waals surface area contributed by atoms with Crippen molar-refractivity contribution in [3.63, 3.8) is 0 Å². The first kappa shape index (κ1) is 19.4. The van der Waals surface area contributed by atoms with E-state index in [4.69, 9.17) is 9.84 Å². The molecule has 0 aliphatic rings. The summed E-state index contributed by atoms with van der Waals surface area (Å²) in [6.45, 7) is 3.92. The van der Waals surface area contributed by atoms with Gasteiger partial charge in [0.2, 0.25) is 0 Å². The second-order valence-electron chi connectivity index (χ2n) is 6.91. The average Bonchev–Trinajstić information content (AvgIpc) is 3.07. The lowest BCUT2D eigenvalue weighted by Crippen LogP contribution is -2.33. The Morgan fingerprint density at radius 3 is 2.71 bits per heavy atom. The fraction of sp³-hybridized carbons (Fsp3) is 0.286. The number of ether oxygens (including phenoxy) is 1. The number of amides is 1. The molecule has 0 aliphatic carbocycles. The first-order valence-electron chi connectivity index (χ1n) is 8.99. The van der Waals surface area contributed by atoms with Gasteiger partial charge in [0.05, 0.1) is 17.2 Å². The maximum atomic E-state index is 12.7. The summed E-state index contributed by atoms with van der Waals surface area (Å²) in [6.07, 6.45) is 3.88. The second kappa shape index (κ2) is 8.12. The van der Waals surface area contributed by atoms with E-state index >= 15 is 0 Å². The molecule has 1 unspecified atom stereocenters. The van der Waals surface area contributed by atoms with Crippen LogP contribution in [-0.4, -0.2) is 44.9 Å². The van der Waals surface area contributed by atoms with Crippen molar-refractivity contribution < 1.29 is 19.4 Å². The number of nitrogens with zero attached hydrogens (tertiary/aromatic N) is 3. The molecule has 3 aromatic rings. The lowest BCUT2D eigenvalue weighted by Gasteiger charge is -2.20. The summed E-state index contributed by atoms with van der Waals surface area (Å²) in [4.78, 5) is 29.7. The molecule has 0 radical (unpaired) electrons. The number of aryl methyl sites for hydroxylation is 1. The molecular formula is C21H23N3O4. The molecule has 3 rings (SSSR count). The molecular weight excluding hydrogens is 358 g/mol. The lowest BCUT2D eigenvalue weighted by molar-refractivity contribution is -0.141. The van der Waals surface area contributed by atoms with E-state index in [0.29, 0.717) is 11.3 Å². The van der Waals surface area contributed by atoms with Crippen molar-refractivity contribution in [3.05, 3.63) is 65.6 Å². The molecule has 1 amide bonds. The molecule has 1 N–H and O–H groups in total. The second-order valence-corrected chi connectivity index (χ2v) is 6.91. The van der Waals surface area contributed by atoms with Crippen LogP contribution in [0.25, 0.3) is 5.65 Å². The third kappa shape index (κ3) is 4.31. The molecule has 1 atom stereocenters. The van der Waals surface area contributed by atoms with Crippen LogP contribution in [0.5, 0.6) is 5.75 Å². The maximum absolute atomic E-state index is 12.7. The van der Waals surface area contributed by atoms with Crippen molar-refractivity contribution in [2.24, 2.45) is 5.92 Å². The summed E-state index contributed by atoms with van der Waals surface area (Å²) in [7, 11) is 1.59. The third-order valence-corrected chi connectivity index (χ3v) is 4.46. The first-order valence-corrected chi connectivity index (χ1v) is 8.99. The van der Waals surface area contributed by atoms with Gasteiger partial charge in [-0.2, -0.15) is 0 Å². The smallest absolute Gasteiger partial charge is 0.308 e. The molecule has 2 heterocycles. The van der Waals surface area contributed by atoms with Gasteiger partial charge in [0, 0.05) is 26.0 Å². The van der Waals surface area contributed by atoms with Crippen LogP contribution in [-0.2, 0) is 11.4 Å². The molecule has 28 heavy (non-hydrogen) atoms. The van der Waals surface area contributed by atoms with Gasteiger partial charge < -0.3 is 19.1 Å². The van der Waals surface area contributed by atoms with Gasteiger partial charge in [-0.1, -0.05) is 25.1 Å². The number of benzene rings is 1. The van der Waals surface area contributed by atoms with E-state index in [0.717, 1.165) is 16.9 Å². The van der Waals surface area contributed by atoms with E-state index in [2.05, 4.69) is 4.98 Å². The number of hydrogen-bond acceptors (Lipinski definition) is 4. The van der Waals surface area contributed by atoms with Gasteiger partial charge in [-0.25, -0.2) is 4.98 Å². The van der Waals surface area contributed by atoms with Crippen LogP contribution in [0.3, 0.4) is 0 Å². The molecule has 7 nitrogen and oxygen atoms in total. The number of para-hydroxylation sites is 1. The Balaban J connectivity index is 1.74. The Morgan fingerprint density at radius 1 is 1.21 bits per heavy atom. The van der Waals surface area contributed by atoms with E-state index in [9.17, 15) is 9.59 Å². The summed E-state index contributed by atoms with van der Waals surface area (Å²) < 4.78 is 7.80. The summed E-state index contributed by atoms with van der Waals surface area (Å²) in [5.41, 5.74) is 3.10. The minimum atomic E-state index is -0.939. The van der Waals surface area contributed by atoms with Crippen LogP contribution in [0.4, 0.5) is 0 Å². The van der Waals surface area contributed by atoms with Gasteiger partial charge in [-0.15, -0.1) is 0 Å². The number of pyridine rings is 1. The molecule has 2 aromatic heterocycles. The van der Waals surface area contributed by atoms with Crippen LogP contribution < -0.4 is 4.74 Å². The van der Waals surface area contributed by atoms with Crippen LogP contribution in [0, 0.1) is 12.8 Å². The van der Waals surface area contributed by atoms with Crippen LogP contribution in [0.1, 0.15) is 28.5 Å². The Bertz CT molecular complexity index is 1010. The number of carbonyl (C=O) groups is 2. The highest BCUT2D eigenvalue weighted by molar-refractivity contribution is 5.97. The van der Waals surface area contributed by atoms with E-state index in [1.165, 1.54) is 4.90 Å². The third-order valence-electron chi connectivity index (χ3n) is 4.46. The number of hydrogen-bond donors (Lipinski definition) is 1. The van der Waals surface area contributed by atoms with Crippen molar-refractivity contribution in [2.75, 3.05) is 13.6 Å². The van der Waals surface area contributed by atoms with Gasteiger partial charge in [0.1, 0.15) is 18.0 Å². The number of aromatic nitrogens is 2. The van der Waals surface area contributed by atoms with Crippen LogP contribution >= 0.6 is 0 Å². The highest BCUT2D eigenvalue weighted by Crippen LogP contribution is 2.21. The monoisotopic (exact) mass is 381 g/mol. The topological polar surface area (TPSA) is 84.1 Å². The van der Waals surface area contributed by atoms with Gasteiger partial charge in [-0.05, 0) is 30.7 Å². The quantitative estimate of drug-likeness (QED) is 0.680. The number of carboxylic acids is 1. The van der Waals surface area contributed by atoms with E-state index in [1.807, 2.05) is 35.9 Å². The maximum Gasteiger partial charge on any atom is 0.308 e. The Kier molecular flexibility index (Phi) is 5.63. The SMILES string of the molecule is Cc1ccc2nc(COc3ccccc3C(=O)N(C)CC(C)C(=O)O)cn2c1. The zero-order chi connectivity index (χ0) is 20.3. The average molecular weight is 381 g/mol. The Labute approximate surface area is 163 Å². The molecule has 1 aromatic carbocycles. The number of carboxylic acid groups (broad SMARTS) is 1. The molecule has 146 valence electrons. The molecule has 0 saturated heterocycles. The lowest BCUT2D eigenvalue weighted by atomic mass is 10.1. The van der Waals surface area contributed by atoms with Crippen LogP contribution in [0.15, 0.2) is 48.8 Å². The highest BCUT2D eigenvalue weighted by Gasteiger charge is 2.21. The van der Waals surface area contributed by atoms with E-state index in [-0.39, 0.29) is 19.1 Å². The first-order chi connectivity index (χ1) is 13.3. The largest absolute Gasteiger partial charge is 0.486 e. The van der Waals surface area contributed by atoms with Crippen molar-refractivity contribution >= 4 is 17.5 Å². The number of imidazole rings is 1. The van der Waals surface area contributed by atoms with E-state index in [1.54, 1.807) is 38.2 Å². The van der Waals surface area contributed by atoms with Gasteiger partial charge in [0.15, 0.2) is 0 Å². The minimum Gasteiger partial charge on any atom is -0.486 e. The minimum absolute atomic E-state index is 0.119. The molecule has 0 aliphatic heterocycles. The number of rotatable bonds is 7. The zero-order valence-electron chi connectivity index (χ0n) is 16.1. The van der Waals surface area contributed by atoms with Gasteiger partial charge >= 0.3 is 5.97 Å². The predicted molar refractivity (Wildman–Crippen MR) is 104 cm³/mol.